The molecule has 31 heavy (non-hydrogen) atoms. The van der Waals surface area contributed by atoms with Gasteiger partial charge in [0.2, 0.25) is 5.79 Å². The quantitative estimate of drug-likeness (QED) is 0.518. The molecule has 0 bridgehead atoms. The smallest absolute Gasteiger partial charge is 0.253 e. The van der Waals surface area contributed by atoms with Gasteiger partial charge in [-0.3, -0.25) is 20.3 Å². The SMILES string of the molecule is C=C(NO)c1ncc(C(=O)NCc2ccc(F)cc2C(=O)NC)c2c1OC(C)(C)OC2. The Labute approximate surface area is 178 Å². The highest BCUT2D eigenvalue weighted by molar-refractivity contribution is 5.98. The maximum absolute atomic E-state index is 13.6. The molecule has 2 heterocycles. The van der Waals surface area contributed by atoms with Crippen LogP contribution in [-0.4, -0.2) is 34.8 Å². The number of hydrogen-bond donors (Lipinski definition) is 4. The van der Waals surface area contributed by atoms with Gasteiger partial charge >= 0.3 is 0 Å². The fourth-order valence-corrected chi connectivity index (χ4v) is 3.09. The molecule has 0 saturated heterocycles. The highest BCUT2D eigenvalue weighted by atomic mass is 19.1. The molecule has 1 aliphatic heterocycles. The summed E-state index contributed by atoms with van der Waals surface area (Å²) in [4.78, 5) is 29.1. The number of nitrogens with zero attached hydrogens (tertiary/aromatic N) is 1. The number of hydroxylamine groups is 1. The van der Waals surface area contributed by atoms with Crippen LogP contribution in [0.15, 0.2) is 31.0 Å². The van der Waals surface area contributed by atoms with E-state index in [1.165, 1.54) is 25.4 Å². The normalized spacial score (nSPS) is 14.1. The molecular weight excluding hydrogens is 407 g/mol. The number of benzene rings is 1. The molecular formula is C21H23FN4O5. The molecule has 1 aliphatic rings. The molecule has 1 aromatic carbocycles. The van der Waals surface area contributed by atoms with Crippen molar-refractivity contribution in [2.75, 3.05) is 7.05 Å². The molecule has 0 spiro atoms. The number of ether oxygens (including phenoxy) is 2. The molecule has 0 saturated carbocycles. The lowest BCUT2D eigenvalue weighted by molar-refractivity contribution is -0.180. The van der Waals surface area contributed by atoms with E-state index in [2.05, 4.69) is 22.2 Å². The molecule has 2 amide bonds. The van der Waals surface area contributed by atoms with Gasteiger partial charge in [-0.2, -0.15) is 0 Å². The minimum Gasteiger partial charge on any atom is -0.460 e. The van der Waals surface area contributed by atoms with Crippen LogP contribution in [0.4, 0.5) is 4.39 Å². The first-order valence-corrected chi connectivity index (χ1v) is 9.39. The van der Waals surface area contributed by atoms with Crippen LogP contribution < -0.4 is 20.9 Å². The predicted octanol–water partition coefficient (Wildman–Crippen LogP) is 2.10. The summed E-state index contributed by atoms with van der Waals surface area (Å²) in [5, 5.41) is 14.4. The summed E-state index contributed by atoms with van der Waals surface area (Å²) in [6.45, 7) is 7.14. The summed E-state index contributed by atoms with van der Waals surface area (Å²) in [6.07, 6.45) is 1.32. The summed E-state index contributed by atoms with van der Waals surface area (Å²) in [6, 6.07) is 3.75. The van der Waals surface area contributed by atoms with E-state index in [-0.39, 0.29) is 41.4 Å². The van der Waals surface area contributed by atoms with Crippen LogP contribution >= 0.6 is 0 Å². The van der Waals surface area contributed by atoms with E-state index in [1.807, 2.05) is 5.48 Å². The molecule has 4 N–H and O–H groups in total. The number of fused-ring (bicyclic) bond motifs is 1. The number of amides is 2. The number of nitrogens with one attached hydrogen (secondary N) is 3. The molecule has 2 aromatic rings. The summed E-state index contributed by atoms with van der Waals surface area (Å²) >= 11 is 0. The summed E-state index contributed by atoms with van der Waals surface area (Å²) in [7, 11) is 1.44. The first kappa shape index (κ1) is 22.2. The molecule has 0 aliphatic carbocycles. The Kier molecular flexibility index (Phi) is 6.23. The van der Waals surface area contributed by atoms with E-state index in [0.717, 1.165) is 6.07 Å². The molecule has 0 radical (unpaired) electrons. The Balaban J connectivity index is 1.90. The minimum absolute atomic E-state index is 0.0174. The zero-order chi connectivity index (χ0) is 22.8. The second kappa shape index (κ2) is 8.70. The Morgan fingerprint density at radius 2 is 2.03 bits per heavy atom. The standard InChI is InChI=1S/C21H23FN4O5/c1-11(26-29)17-18-16(10-30-21(2,3)31-18)15(9-24-17)20(28)25-8-12-5-6-13(22)7-14(12)19(27)23-4/h5-7,9,26,29H,1,8,10H2,2-4H3,(H,23,27)(H,25,28). The highest BCUT2D eigenvalue weighted by Gasteiger charge is 2.33. The van der Waals surface area contributed by atoms with E-state index in [1.54, 1.807) is 13.8 Å². The van der Waals surface area contributed by atoms with Gasteiger partial charge < -0.3 is 20.1 Å². The molecule has 0 unspecified atom stereocenters. The third-order valence-electron chi connectivity index (χ3n) is 4.70. The second-order valence-electron chi connectivity index (χ2n) is 7.27. The van der Waals surface area contributed by atoms with Crippen molar-refractivity contribution in [3.05, 3.63) is 64.7 Å². The van der Waals surface area contributed by atoms with Crippen LogP contribution in [0.25, 0.3) is 5.70 Å². The zero-order valence-electron chi connectivity index (χ0n) is 17.3. The third-order valence-corrected chi connectivity index (χ3v) is 4.70. The lowest BCUT2D eigenvalue weighted by atomic mass is 10.0. The van der Waals surface area contributed by atoms with E-state index in [4.69, 9.17) is 9.47 Å². The van der Waals surface area contributed by atoms with Crippen LogP contribution in [-0.2, 0) is 17.9 Å². The van der Waals surface area contributed by atoms with Crippen LogP contribution in [0.5, 0.6) is 5.75 Å². The third kappa shape index (κ3) is 4.65. The van der Waals surface area contributed by atoms with Crippen molar-refractivity contribution >= 4 is 17.5 Å². The molecule has 3 rings (SSSR count). The Bertz CT molecular complexity index is 1050. The highest BCUT2D eigenvalue weighted by Crippen LogP contribution is 2.37. The first-order chi connectivity index (χ1) is 14.7. The van der Waals surface area contributed by atoms with Crippen molar-refractivity contribution in [1.29, 1.82) is 0 Å². The van der Waals surface area contributed by atoms with Crippen molar-refractivity contribution in [1.82, 2.24) is 21.1 Å². The van der Waals surface area contributed by atoms with E-state index >= 15 is 0 Å². The average molecular weight is 430 g/mol. The van der Waals surface area contributed by atoms with E-state index in [0.29, 0.717) is 11.1 Å². The van der Waals surface area contributed by atoms with E-state index < -0.39 is 23.4 Å². The van der Waals surface area contributed by atoms with E-state index in [9.17, 15) is 19.2 Å². The van der Waals surface area contributed by atoms with Crippen molar-refractivity contribution < 1.29 is 28.7 Å². The lowest BCUT2D eigenvalue weighted by Gasteiger charge is -2.34. The number of rotatable bonds is 6. The topological polar surface area (TPSA) is 122 Å². The number of halogens is 1. The van der Waals surface area contributed by atoms with Gasteiger partial charge in [-0.25, -0.2) is 9.37 Å². The van der Waals surface area contributed by atoms with Crippen molar-refractivity contribution in [3.8, 4) is 5.75 Å². The van der Waals surface area contributed by atoms with Gasteiger partial charge in [-0.15, -0.1) is 0 Å². The maximum atomic E-state index is 13.6. The number of carbonyl (C=O) groups is 2. The molecule has 164 valence electrons. The van der Waals surface area contributed by atoms with Gasteiger partial charge in [0, 0.05) is 44.8 Å². The number of hydrogen-bond acceptors (Lipinski definition) is 7. The monoisotopic (exact) mass is 430 g/mol. The largest absolute Gasteiger partial charge is 0.460 e. The second-order valence-corrected chi connectivity index (χ2v) is 7.27. The zero-order valence-corrected chi connectivity index (χ0v) is 17.3. The van der Waals surface area contributed by atoms with Crippen LogP contribution in [0, 0.1) is 5.82 Å². The molecule has 10 heteroatoms. The van der Waals surface area contributed by atoms with Gasteiger partial charge in [-0.05, 0) is 17.7 Å². The number of pyridine rings is 1. The predicted molar refractivity (Wildman–Crippen MR) is 109 cm³/mol. The fourth-order valence-electron chi connectivity index (χ4n) is 3.09. The molecule has 0 fully saturated rings. The van der Waals surface area contributed by atoms with Crippen molar-refractivity contribution in [2.45, 2.75) is 32.8 Å². The first-order valence-electron chi connectivity index (χ1n) is 9.39. The lowest BCUT2D eigenvalue weighted by Crippen LogP contribution is -2.37. The van der Waals surface area contributed by atoms with Gasteiger partial charge in [0.15, 0.2) is 5.75 Å². The average Bonchev–Trinajstić information content (AvgIpc) is 2.75. The Morgan fingerprint density at radius 1 is 1.29 bits per heavy atom. The Hall–Kier alpha value is -3.50. The summed E-state index contributed by atoms with van der Waals surface area (Å²) in [5.41, 5.74) is 3.47. The summed E-state index contributed by atoms with van der Waals surface area (Å²) < 4.78 is 25.0. The van der Waals surface area contributed by atoms with Crippen LogP contribution in [0.2, 0.25) is 0 Å². The van der Waals surface area contributed by atoms with Crippen LogP contribution in [0.1, 0.15) is 51.4 Å². The van der Waals surface area contributed by atoms with Gasteiger partial charge in [0.25, 0.3) is 11.8 Å². The molecule has 0 atom stereocenters. The molecule has 1 aromatic heterocycles. The van der Waals surface area contributed by atoms with Crippen molar-refractivity contribution in [3.63, 3.8) is 0 Å². The van der Waals surface area contributed by atoms with Crippen molar-refractivity contribution in [2.24, 2.45) is 0 Å². The van der Waals surface area contributed by atoms with Gasteiger partial charge in [0.05, 0.1) is 17.9 Å². The summed E-state index contributed by atoms with van der Waals surface area (Å²) in [5.74, 6) is -2.21. The van der Waals surface area contributed by atoms with Gasteiger partial charge in [0.1, 0.15) is 11.5 Å². The number of carbonyl (C=O) groups excluding carboxylic acids is 2. The Morgan fingerprint density at radius 3 is 2.71 bits per heavy atom. The number of aromatic nitrogens is 1. The molecule has 9 nitrogen and oxygen atoms in total. The minimum atomic E-state index is -0.967. The maximum Gasteiger partial charge on any atom is 0.253 e. The van der Waals surface area contributed by atoms with Crippen LogP contribution in [0.3, 0.4) is 0 Å². The van der Waals surface area contributed by atoms with Gasteiger partial charge in [-0.1, -0.05) is 12.6 Å². The fraction of sp³-hybridized carbons (Fsp3) is 0.286.